The fraction of sp³-hybridized carbons (Fsp3) is 0.429. The normalized spacial score (nSPS) is 16.6. The zero-order valence-electron chi connectivity index (χ0n) is 11.1. The van der Waals surface area contributed by atoms with Gasteiger partial charge in [0, 0.05) is 18.0 Å². The first kappa shape index (κ1) is 14.7. The molecule has 0 bridgehead atoms. The summed E-state index contributed by atoms with van der Waals surface area (Å²) in [4.78, 5) is 22.3. The van der Waals surface area contributed by atoms with E-state index in [1.807, 2.05) is 18.2 Å². The zero-order chi connectivity index (χ0) is 14.5. The van der Waals surface area contributed by atoms with Crippen molar-refractivity contribution in [1.29, 1.82) is 0 Å². The van der Waals surface area contributed by atoms with Crippen LogP contribution in [0.5, 0.6) is 0 Å². The topological polar surface area (TPSA) is 84.2 Å². The molecular weight excluding hydrogens is 278 g/mol. The zero-order valence-corrected chi connectivity index (χ0v) is 11.9. The Morgan fingerprint density at radius 2 is 2.20 bits per heavy atom. The molecule has 1 aromatic carbocycles. The lowest BCUT2D eigenvalue weighted by Crippen LogP contribution is -2.38. The van der Waals surface area contributed by atoms with E-state index in [-0.39, 0.29) is 24.4 Å². The number of amides is 3. The van der Waals surface area contributed by atoms with E-state index in [2.05, 4.69) is 10.6 Å². The summed E-state index contributed by atoms with van der Waals surface area (Å²) in [5.41, 5.74) is 7.24. The number of fused-ring (bicyclic) bond motifs is 1. The standard InChI is InChI=1S/C14H18ClN3O2/c15-11-4-1-3-10-9(11)6-7-12(10)18-14(20)17-8-2-5-13(16)19/h1,3-4,12H,2,5-8H2,(H2,16,19)(H2,17,18,20). The molecule has 20 heavy (non-hydrogen) atoms. The summed E-state index contributed by atoms with van der Waals surface area (Å²) in [5, 5.41) is 6.40. The Morgan fingerprint density at radius 3 is 2.95 bits per heavy atom. The van der Waals surface area contributed by atoms with Gasteiger partial charge in [0.15, 0.2) is 0 Å². The highest BCUT2D eigenvalue weighted by molar-refractivity contribution is 6.31. The highest BCUT2D eigenvalue weighted by Gasteiger charge is 2.25. The molecule has 0 saturated carbocycles. The molecule has 0 aromatic heterocycles. The molecule has 0 spiro atoms. The molecular formula is C14H18ClN3O2. The molecule has 1 unspecified atom stereocenters. The summed E-state index contributed by atoms with van der Waals surface area (Å²) >= 11 is 6.13. The Kier molecular flexibility index (Phi) is 4.84. The molecule has 3 amide bonds. The van der Waals surface area contributed by atoms with E-state index in [0.717, 1.165) is 29.0 Å². The van der Waals surface area contributed by atoms with Gasteiger partial charge in [0.25, 0.3) is 0 Å². The highest BCUT2D eigenvalue weighted by atomic mass is 35.5. The van der Waals surface area contributed by atoms with E-state index >= 15 is 0 Å². The molecule has 0 fully saturated rings. The van der Waals surface area contributed by atoms with Gasteiger partial charge in [-0.25, -0.2) is 4.79 Å². The first-order valence-corrected chi connectivity index (χ1v) is 7.05. The maximum absolute atomic E-state index is 11.8. The van der Waals surface area contributed by atoms with Crippen LogP contribution in [0.25, 0.3) is 0 Å². The summed E-state index contributed by atoms with van der Waals surface area (Å²) in [7, 11) is 0. The summed E-state index contributed by atoms with van der Waals surface area (Å²) in [6.07, 6.45) is 2.56. The van der Waals surface area contributed by atoms with E-state index in [4.69, 9.17) is 17.3 Å². The number of rotatable bonds is 5. The Balaban J connectivity index is 1.82. The molecule has 0 saturated heterocycles. The minimum absolute atomic E-state index is 0.000148. The quantitative estimate of drug-likeness (QED) is 0.725. The average Bonchev–Trinajstić information content (AvgIpc) is 2.79. The molecule has 1 aliphatic carbocycles. The van der Waals surface area contributed by atoms with E-state index < -0.39 is 0 Å². The Labute approximate surface area is 122 Å². The smallest absolute Gasteiger partial charge is 0.315 e. The molecule has 1 aliphatic rings. The molecule has 1 atom stereocenters. The predicted octanol–water partition coefficient (Wildman–Crippen LogP) is 1.89. The summed E-state index contributed by atoms with van der Waals surface area (Å²) < 4.78 is 0. The van der Waals surface area contributed by atoms with Crippen LogP contribution in [0.15, 0.2) is 18.2 Å². The minimum atomic E-state index is -0.355. The number of hydrogen-bond acceptors (Lipinski definition) is 2. The van der Waals surface area contributed by atoms with Crippen molar-refractivity contribution in [2.75, 3.05) is 6.54 Å². The number of hydrogen-bond donors (Lipinski definition) is 3. The number of nitrogens with one attached hydrogen (secondary N) is 2. The molecule has 5 nitrogen and oxygen atoms in total. The van der Waals surface area contributed by atoms with Gasteiger partial charge in [0.2, 0.25) is 5.91 Å². The molecule has 4 N–H and O–H groups in total. The lowest BCUT2D eigenvalue weighted by molar-refractivity contribution is -0.118. The van der Waals surface area contributed by atoms with Gasteiger partial charge in [-0.05, 0) is 36.5 Å². The van der Waals surface area contributed by atoms with E-state index in [1.54, 1.807) is 0 Å². The van der Waals surface area contributed by atoms with Crippen LogP contribution in [-0.4, -0.2) is 18.5 Å². The van der Waals surface area contributed by atoms with Crippen LogP contribution in [0.4, 0.5) is 4.79 Å². The summed E-state index contributed by atoms with van der Waals surface area (Å²) in [5.74, 6) is -0.355. The summed E-state index contributed by atoms with van der Waals surface area (Å²) in [6, 6.07) is 5.53. The third-order valence-corrected chi connectivity index (χ3v) is 3.76. The SMILES string of the molecule is NC(=O)CCCNC(=O)NC1CCc2c(Cl)cccc21. The summed E-state index contributed by atoms with van der Waals surface area (Å²) in [6.45, 7) is 0.434. The molecule has 0 radical (unpaired) electrons. The second-order valence-electron chi connectivity index (χ2n) is 4.87. The van der Waals surface area contributed by atoms with Gasteiger partial charge in [0.1, 0.15) is 0 Å². The number of nitrogens with two attached hydrogens (primary N) is 1. The molecule has 1 aromatic rings. The maximum atomic E-state index is 11.8. The number of urea groups is 1. The van der Waals surface area contributed by atoms with Crippen molar-refractivity contribution >= 4 is 23.5 Å². The Bertz CT molecular complexity index is 519. The van der Waals surface area contributed by atoms with Crippen molar-refractivity contribution < 1.29 is 9.59 Å². The second-order valence-corrected chi connectivity index (χ2v) is 5.28. The van der Waals surface area contributed by atoms with Crippen LogP contribution < -0.4 is 16.4 Å². The lowest BCUT2D eigenvalue weighted by Gasteiger charge is -2.15. The number of carbonyl (C=O) groups excluding carboxylic acids is 2. The third kappa shape index (κ3) is 3.63. The number of carbonyl (C=O) groups is 2. The van der Waals surface area contributed by atoms with Crippen LogP contribution in [0.3, 0.4) is 0 Å². The van der Waals surface area contributed by atoms with Crippen LogP contribution in [0.2, 0.25) is 5.02 Å². The molecule has 0 heterocycles. The van der Waals surface area contributed by atoms with Gasteiger partial charge < -0.3 is 16.4 Å². The molecule has 6 heteroatoms. The second kappa shape index (κ2) is 6.61. The molecule has 0 aliphatic heterocycles. The fourth-order valence-electron chi connectivity index (χ4n) is 2.43. The number of primary amides is 1. The Morgan fingerprint density at radius 1 is 1.40 bits per heavy atom. The van der Waals surface area contributed by atoms with Gasteiger partial charge in [-0.2, -0.15) is 0 Å². The Hall–Kier alpha value is -1.75. The van der Waals surface area contributed by atoms with E-state index in [1.165, 1.54) is 0 Å². The van der Waals surface area contributed by atoms with Crippen molar-refractivity contribution in [2.45, 2.75) is 31.7 Å². The largest absolute Gasteiger partial charge is 0.370 e. The van der Waals surface area contributed by atoms with Crippen LogP contribution in [0, 0.1) is 0 Å². The van der Waals surface area contributed by atoms with Gasteiger partial charge in [-0.1, -0.05) is 23.7 Å². The van der Waals surface area contributed by atoms with Crippen LogP contribution in [0.1, 0.15) is 36.4 Å². The monoisotopic (exact) mass is 295 g/mol. The number of benzene rings is 1. The first-order valence-electron chi connectivity index (χ1n) is 6.68. The fourth-order valence-corrected chi connectivity index (χ4v) is 2.71. The van der Waals surface area contributed by atoms with Gasteiger partial charge in [0.05, 0.1) is 6.04 Å². The van der Waals surface area contributed by atoms with Crippen molar-refractivity contribution in [1.82, 2.24) is 10.6 Å². The maximum Gasteiger partial charge on any atom is 0.315 e. The number of halogens is 1. The van der Waals surface area contributed by atoms with Crippen molar-refractivity contribution in [2.24, 2.45) is 5.73 Å². The van der Waals surface area contributed by atoms with Crippen LogP contribution in [-0.2, 0) is 11.2 Å². The van der Waals surface area contributed by atoms with Crippen molar-refractivity contribution in [3.63, 3.8) is 0 Å². The van der Waals surface area contributed by atoms with Gasteiger partial charge >= 0.3 is 6.03 Å². The molecule has 2 rings (SSSR count). The minimum Gasteiger partial charge on any atom is -0.370 e. The first-order chi connectivity index (χ1) is 9.58. The third-order valence-electron chi connectivity index (χ3n) is 3.40. The highest BCUT2D eigenvalue weighted by Crippen LogP contribution is 2.35. The predicted molar refractivity (Wildman–Crippen MR) is 77.5 cm³/mol. The van der Waals surface area contributed by atoms with Crippen molar-refractivity contribution in [3.05, 3.63) is 34.3 Å². The van der Waals surface area contributed by atoms with Crippen molar-refractivity contribution in [3.8, 4) is 0 Å². The lowest BCUT2D eigenvalue weighted by atomic mass is 10.1. The van der Waals surface area contributed by atoms with Gasteiger partial charge in [-0.3, -0.25) is 4.79 Å². The molecule has 108 valence electrons. The van der Waals surface area contributed by atoms with Crippen LogP contribution >= 0.6 is 11.6 Å². The van der Waals surface area contributed by atoms with Gasteiger partial charge in [-0.15, -0.1) is 0 Å². The van der Waals surface area contributed by atoms with E-state index in [9.17, 15) is 9.59 Å². The van der Waals surface area contributed by atoms with E-state index in [0.29, 0.717) is 13.0 Å². The average molecular weight is 296 g/mol.